The number of nitrogens with zero attached hydrogens (tertiary/aromatic N) is 1. The van der Waals surface area contributed by atoms with E-state index >= 15 is 0 Å². The lowest BCUT2D eigenvalue weighted by atomic mass is 10.1. The quantitative estimate of drug-likeness (QED) is 0.663. The molecule has 2 rings (SSSR count). The molecule has 0 heterocycles. The summed E-state index contributed by atoms with van der Waals surface area (Å²) in [7, 11) is 0. The zero-order chi connectivity index (χ0) is 13.1. The smallest absolute Gasteiger partial charge is 0.136 e. The van der Waals surface area contributed by atoms with Crippen LogP contribution < -0.4 is 0 Å². The zero-order valence-electron chi connectivity index (χ0n) is 10.2. The molecule has 0 aliphatic carbocycles. The number of rotatable bonds is 2. The molecule has 0 atom stereocenters. The standard InChI is InChI=1S/C15H13Cl2N/c1-10-4-3-5-11(2)14(10)18-15(17)12-6-8-13(16)9-7-12/h3-9H,1-2H3. The minimum atomic E-state index is 0.476. The van der Waals surface area contributed by atoms with E-state index < -0.39 is 0 Å². The lowest BCUT2D eigenvalue weighted by Crippen LogP contribution is -1.91. The molecular formula is C15H13Cl2N. The third-order valence-corrected chi connectivity index (χ3v) is 3.29. The molecule has 3 heteroatoms. The van der Waals surface area contributed by atoms with Gasteiger partial charge in [0.2, 0.25) is 0 Å². The Morgan fingerprint density at radius 2 is 1.50 bits per heavy atom. The average molecular weight is 278 g/mol. The van der Waals surface area contributed by atoms with Crippen LogP contribution in [0.2, 0.25) is 5.02 Å². The van der Waals surface area contributed by atoms with Gasteiger partial charge in [0, 0.05) is 10.6 Å². The number of halogens is 2. The summed E-state index contributed by atoms with van der Waals surface area (Å²) in [5.74, 6) is 0. The van der Waals surface area contributed by atoms with E-state index in [0.29, 0.717) is 10.2 Å². The first kappa shape index (κ1) is 13.1. The van der Waals surface area contributed by atoms with Gasteiger partial charge in [-0.1, -0.05) is 53.5 Å². The van der Waals surface area contributed by atoms with Crippen molar-refractivity contribution < 1.29 is 0 Å². The van der Waals surface area contributed by atoms with Crippen LogP contribution >= 0.6 is 23.2 Å². The van der Waals surface area contributed by atoms with E-state index in [9.17, 15) is 0 Å². The number of para-hydroxylation sites is 1. The predicted molar refractivity (Wildman–Crippen MR) is 79.4 cm³/mol. The minimum absolute atomic E-state index is 0.476. The fourth-order valence-electron chi connectivity index (χ4n) is 1.73. The van der Waals surface area contributed by atoms with Gasteiger partial charge in [0.25, 0.3) is 0 Å². The zero-order valence-corrected chi connectivity index (χ0v) is 11.8. The van der Waals surface area contributed by atoms with Crippen LogP contribution in [-0.4, -0.2) is 5.17 Å². The first-order valence-corrected chi connectivity index (χ1v) is 6.40. The van der Waals surface area contributed by atoms with Gasteiger partial charge in [0.1, 0.15) is 5.17 Å². The van der Waals surface area contributed by atoms with Crippen LogP contribution in [0.3, 0.4) is 0 Å². The molecule has 0 radical (unpaired) electrons. The van der Waals surface area contributed by atoms with Gasteiger partial charge in [0.05, 0.1) is 5.69 Å². The summed E-state index contributed by atoms with van der Waals surface area (Å²) in [6.07, 6.45) is 0. The van der Waals surface area contributed by atoms with Crippen LogP contribution in [0.25, 0.3) is 0 Å². The Morgan fingerprint density at radius 1 is 0.944 bits per heavy atom. The Kier molecular flexibility index (Phi) is 4.05. The van der Waals surface area contributed by atoms with Crippen molar-refractivity contribution in [2.45, 2.75) is 13.8 Å². The Balaban J connectivity index is 2.41. The summed E-state index contributed by atoms with van der Waals surface area (Å²) in [6, 6.07) is 13.4. The molecule has 0 fully saturated rings. The van der Waals surface area contributed by atoms with Gasteiger partial charge >= 0.3 is 0 Å². The van der Waals surface area contributed by atoms with Crippen molar-refractivity contribution in [1.82, 2.24) is 0 Å². The van der Waals surface area contributed by atoms with Crippen molar-refractivity contribution in [3.8, 4) is 0 Å². The van der Waals surface area contributed by atoms with Crippen LogP contribution in [0.5, 0.6) is 0 Å². The molecule has 92 valence electrons. The molecule has 0 aliphatic heterocycles. The molecule has 0 spiro atoms. The fraction of sp³-hybridized carbons (Fsp3) is 0.133. The monoisotopic (exact) mass is 277 g/mol. The van der Waals surface area contributed by atoms with E-state index in [1.54, 1.807) is 12.1 Å². The molecular weight excluding hydrogens is 265 g/mol. The van der Waals surface area contributed by atoms with E-state index in [1.165, 1.54) is 0 Å². The van der Waals surface area contributed by atoms with Gasteiger partial charge in [-0.2, -0.15) is 0 Å². The molecule has 0 aliphatic rings. The second-order valence-corrected chi connectivity index (χ2v) is 4.94. The molecule has 0 bridgehead atoms. The van der Waals surface area contributed by atoms with Gasteiger partial charge in [-0.25, -0.2) is 4.99 Å². The molecule has 0 N–H and O–H groups in total. The molecule has 0 saturated carbocycles. The first-order valence-electron chi connectivity index (χ1n) is 5.64. The lowest BCUT2D eigenvalue weighted by molar-refractivity contribution is 1.33. The Hall–Kier alpha value is -1.31. The van der Waals surface area contributed by atoms with E-state index in [1.807, 2.05) is 44.2 Å². The van der Waals surface area contributed by atoms with E-state index in [4.69, 9.17) is 23.2 Å². The highest BCUT2D eigenvalue weighted by Crippen LogP contribution is 2.25. The molecule has 0 amide bonds. The highest BCUT2D eigenvalue weighted by Gasteiger charge is 2.04. The highest BCUT2D eigenvalue weighted by atomic mass is 35.5. The SMILES string of the molecule is Cc1cccc(C)c1N=C(Cl)c1ccc(Cl)cc1. The lowest BCUT2D eigenvalue weighted by Gasteiger charge is -2.05. The van der Waals surface area contributed by atoms with Crippen LogP contribution in [0.1, 0.15) is 16.7 Å². The molecule has 2 aromatic rings. The molecule has 2 aromatic carbocycles. The third-order valence-electron chi connectivity index (χ3n) is 2.73. The van der Waals surface area contributed by atoms with Gasteiger partial charge in [-0.3, -0.25) is 0 Å². The van der Waals surface area contributed by atoms with E-state index in [2.05, 4.69) is 4.99 Å². The summed E-state index contributed by atoms with van der Waals surface area (Å²) >= 11 is 12.1. The number of aryl methyl sites for hydroxylation is 2. The van der Waals surface area contributed by atoms with Crippen molar-refractivity contribution in [3.63, 3.8) is 0 Å². The summed E-state index contributed by atoms with van der Waals surface area (Å²) in [4.78, 5) is 4.50. The second kappa shape index (κ2) is 5.55. The summed E-state index contributed by atoms with van der Waals surface area (Å²) < 4.78 is 0. The van der Waals surface area contributed by atoms with E-state index in [-0.39, 0.29) is 0 Å². The van der Waals surface area contributed by atoms with Crippen LogP contribution in [0.15, 0.2) is 47.5 Å². The predicted octanol–water partition coefficient (Wildman–Crippen LogP) is 5.27. The third kappa shape index (κ3) is 2.92. The van der Waals surface area contributed by atoms with Crippen LogP contribution in [0.4, 0.5) is 5.69 Å². The number of aliphatic imine (C=N–C) groups is 1. The van der Waals surface area contributed by atoms with Gasteiger partial charge in [-0.15, -0.1) is 0 Å². The Morgan fingerprint density at radius 3 is 2.06 bits per heavy atom. The fourth-order valence-corrected chi connectivity index (χ4v) is 2.07. The molecule has 18 heavy (non-hydrogen) atoms. The molecule has 0 unspecified atom stereocenters. The number of hydrogen-bond donors (Lipinski definition) is 0. The average Bonchev–Trinajstić information content (AvgIpc) is 2.34. The maximum absolute atomic E-state index is 6.24. The van der Waals surface area contributed by atoms with Gasteiger partial charge in [0.15, 0.2) is 0 Å². The van der Waals surface area contributed by atoms with Crippen molar-refractivity contribution in [2.24, 2.45) is 4.99 Å². The minimum Gasteiger partial charge on any atom is -0.236 e. The topological polar surface area (TPSA) is 12.4 Å². The summed E-state index contributed by atoms with van der Waals surface area (Å²) in [6.45, 7) is 4.05. The molecule has 1 nitrogen and oxygen atoms in total. The summed E-state index contributed by atoms with van der Waals surface area (Å²) in [5.41, 5.74) is 4.02. The maximum atomic E-state index is 6.24. The summed E-state index contributed by atoms with van der Waals surface area (Å²) in [5, 5.41) is 1.17. The number of benzene rings is 2. The van der Waals surface area contributed by atoms with Gasteiger partial charge in [-0.05, 0) is 37.1 Å². The Labute approximate surface area is 117 Å². The molecule has 0 saturated heterocycles. The van der Waals surface area contributed by atoms with Crippen molar-refractivity contribution in [1.29, 1.82) is 0 Å². The van der Waals surface area contributed by atoms with Crippen molar-refractivity contribution in [3.05, 3.63) is 64.2 Å². The maximum Gasteiger partial charge on any atom is 0.136 e. The van der Waals surface area contributed by atoms with Gasteiger partial charge < -0.3 is 0 Å². The van der Waals surface area contributed by atoms with E-state index in [0.717, 1.165) is 22.4 Å². The van der Waals surface area contributed by atoms with Crippen molar-refractivity contribution >= 4 is 34.1 Å². The largest absolute Gasteiger partial charge is 0.236 e. The normalized spacial score (nSPS) is 11.7. The first-order chi connectivity index (χ1) is 8.58. The highest BCUT2D eigenvalue weighted by molar-refractivity contribution is 6.69. The van der Waals surface area contributed by atoms with Crippen molar-refractivity contribution in [2.75, 3.05) is 0 Å². The Bertz CT molecular complexity index is 566. The molecule has 0 aromatic heterocycles. The van der Waals surface area contributed by atoms with Crippen LogP contribution in [0, 0.1) is 13.8 Å². The van der Waals surface area contributed by atoms with Crippen LogP contribution in [-0.2, 0) is 0 Å². The second-order valence-electron chi connectivity index (χ2n) is 4.15. The number of hydrogen-bond acceptors (Lipinski definition) is 1.